The predicted octanol–water partition coefficient (Wildman–Crippen LogP) is 6.36. The zero-order valence-corrected chi connectivity index (χ0v) is 48.3. The number of carbonyl (C=O) groups excluding carboxylic acids is 1. The van der Waals surface area contributed by atoms with Crippen molar-refractivity contribution in [2.24, 2.45) is 23.7 Å². The third kappa shape index (κ3) is 14.3. The number of benzene rings is 1. The fourth-order valence-corrected chi connectivity index (χ4v) is 14.7. The molecular formula is C56H94FN5O12S. The van der Waals surface area contributed by atoms with Crippen LogP contribution in [0.25, 0.3) is 0 Å². The van der Waals surface area contributed by atoms with Crippen LogP contribution < -0.4 is 0 Å². The summed E-state index contributed by atoms with van der Waals surface area (Å²) in [6, 6.07) is 6.15. The van der Waals surface area contributed by atoms with Crippen LogP contribution in [-0.4, -0.2) is 187 Å². The fraction of sp³-hybridized carbons (Fsp3) is 0.839. The van der Waals surface area contributed by atoms with Gasteiger partial charge in [0.1, 0.15) is 42.7 Å². The second kappa shape index (κ2) is 26.2. The predicted molar refractivity (Wildman–Crippen MR) is 284 cm³/mol. The average Bonchev–Trinajstić information content (AvgIpc) is 4.09. The van der Waals surface area contributed by atoms with Crippen LogP contribution in [0.4, 0.5) is 4.39 Å². The molecule has 2 unspecified atom stereocenters. The molecule has 3 aliphatic heterocycles. The second-order valence-corrected chi connectivity index (χ2v) is 25.5. The Morgan fingerprint density at radius 2 is 1.64 bits per heavy atom. The summed E-state index contributed by atoms with van der Waals surface area (Å²) in [5.41, 5.74) is -2.88. The Morgan fingerprint density at radius 3 is 2.25 bits per heavy atom. The van der Waals surface area contributed by atoms with Gasteiger partial charge in [0.25, 0.3) is 0 Å². The van der Waals surface area contributed by atoms with E-state index in [0.717, 1.165) is 36.1 Å². The lowest BCUT2D eigenvalue weighted by molar-refractivity contribution is -0.275. The van der Waals surface area contributed by atoms with Gasteiger partial charge in [-0.05, 0) is 117 Å². The summed E-state index contributed by atoms with van der Waals surface area (Å²) in [7, 11) is 5.94. The molecule has 19 heteroatoms. The van der Waals surface area contributed by atoms with Crippen molar-refractivity contribution < 1.29 is 62.2 Å². The number of hydrogen-bond acceptors (Lipinski definition) is 16. The smallest absolute Gasteiger partial charge is 0.309 e. The number of halogens is 1. The van der Waals surface area contributed by atoms with Crippen molar-refractivity contribution in [3.8, 4) is 0 Å². The quantitative estimate of drug-likeness (QED) is 0.135. The molecule has 1 aliphatic carbocycles. The van der Waals surface area contributed by atoms with Crippen LogP contribution in [0, 0.1) is 23.7 Å². The molecule has 0 spiro atoms. The molecule has 4 aliphatic rings. The van der Waals surface area contributed by atoms with Crippen LogP contribution in [0.15, 0.2) is 35.4 Å². The van der Waals surface area contributed by atoms with Crippen molar-refractivity contribution in [1.82, 2.24) is 24.8 Å². The van der Waals surface area contributed by atoms with Crippen LogP contribution in [-0.2, 0) is 50.4 Å². The number of methoxy groups -OCH3 is 2. The average molecular weight is 1080 g/mol. The van der Waals surface area contributed by atoms with E-state index in [4.69, 9.17) is 28.4 Å². The summed E-state index contributed by atoms with van der Waals surface area (Å²) in [4.78, 5) is 19.6. The number of rotatable bonds is 16. The second-order valence-electron chi connectivity index (χ2n) is 23.8. The van der Waals surface area contributed by atoms with E-state index >= 15 is 0 Å². The summed E-state index contributed by atoms with van der Waals surface area (Å²) in [5, 5.41) is 56.9. The highest BCUT2D eigenvalue weighted by molar-refractivity contribution is 7.85. The Labute approximate surface area is 449 Å². The largest absolute Gasteiger partial charge is 0.459 e. The lowest BCUT2D eigenvalue weighted by atomic mass is 9.68. The number of alkyl halides is 1. The molecule has 1 saturated carbocycles. The van der Waals surface area contributed by atoms with Gasteiger partial charge >= 0.3 is 5.97 Å². The number of carbonyl (C=O) groups is 1. The third-order valence-corrected chi connectivity index (χ3v) is 19.6. The topological polar surface area (TPSA) is 208 Å². The van der Waals surface area contributed by atoms with Crippen molar-refractivity contribution in [2.75, 3.05) is 48.1 Å². The fourth-order valence-electron chi connectivity index (χ4n) is 13.1. The first kappa shape index (κ1) is 61.7. The van der Waals surface area contributed by atoms with E-state index in [1.807, 2.05) is 77.9 Å². The highest BCUT2D eigenvalue weighted by atomic mass is 32.2. The van der Waals surface area contributed by atoms with Gasteiger partial charge in [0.2, 0.25) is 0 Å². The number of esters is 1. The normalized spacial score (nSPS) is 39.7. The highest BCUT2D eigenvalue weighted by Gasteiger charge is 2.54. The maximum atomic E-state index is 14.9. The maximum absolute atomic E-state index is 14.9. The minimum absolute atomic E-state index is 0.00544. The summed E-state index contributed by atoms with van der Waals surface area (Å²) in [6.45, 7) is 18.6. The van der Waals surface area contributed by atoms with Crippen LogP contribution in [0.3, 0.4) is 0 Å². The molecule has 4 N–H and O–H groups in total. The van der Waals surface area contributed by atoms with Gasteiger partial charge in [-0.15, -0.1) is 5.10 Å². The monoisotopic (exact) mass is 1080 g/mol. The molecule has 17 nitrogen and oxygen atoms in total. The van der Waals surface area contributed by atoms with Crippen LogP contribution in [0.1, 0.15) is 150 Å². The van der Waals surface area contributed by atoms with Crippen molar-refractivity contribution in [2.45, 2.75) is 234 Å². The van der Waals surface area contributed by atoms with Gasteiger partial charge in [0, 0.05) is 80.9 Å². The number of hydrogen-bond donors (Lipinski definition) is 4. The molecule has 0 amide bonds. The van der Waals surface area contributed by atoms with Crippen molar-refractivity contribution in [3.63, 3.8) is 0 Å². The highest BCUT2D eigenvalue weighted by Crippen LogP contribution is 2.45. The first-order chi connectivity index (χ1) is 35.3. The Bertz CT molecular complexity index is 2130. The molecule has 20 atom stereocenters. The molecule has 2 aromatic rings. The molecule has 3 saturated heterocycles. The van der Waals surface area contributed by atoms with E-state index in [-0.39, 0.29) is 42.6 Å². The molecule has 6 rings (SSSR count). The first-order valence-electron chi connectivity index (χ1n) is 27.7. The number of likely N-dealkylation sites (N-methyl/N-ethyl adjacent to an activating group) is 2. The minimum Gasteiger partial charge on any atom is -0.459 e. The minimum atomic E-state index is -1.80. The van der Waals surface area contributed by atoms with Crippen molar-refractivity contribution in [3.05, 3.63) is 41.7 Å². The third-order valence-electron chi connectivity index (χ3n) is 17.8. The molecule has 1 aromatic heterocycles. The number of aromatic nitrogens is 3. The van der Waals surface area contributed by atoms with Gasteiger partial charge < -0.3 is 58.6 Å². The standard InChI is InChI=1S/C56H94FN5O12S/c1-15-46-56(10,67)50(63)37(6)61(12)31-33(2)28-54(8,66)52(35(4)48(36(5)53(65)73-46)45-29-55(9,70-14)51(64)38(7)72-45)74-47-27-41(26-34(3)71-47)60(11)25-24-40-32-62(59-58-40)44(30-57)49(69-13)39-20-22-43(23-21-39)75(68)42-18-16-17-19-42/h20-23,32-38,41-42,44-52,63-64,66-67H,15-19,24-31H2,1-14H3/t33-,34-,35+,36-,37-,38+,41+,44-,45?,46-,47+,48+,49-,50-,51+,52-,54-,55-,56-,75?/m1/s1. The Morgan fingerprint density at radius 1 is 0.973 bits per heavy atom. The van der Waals surface area contributed by atoms with Crippen LogP contribution in [0.5, 0.6) is 0 Å². The van der Waals surface area contributed by atoms with Gasteiger partial charge in [-0.3, -0.25) is 9.00 Å². The lowest BCUT2D eigenvalue weighted by Gasteiger charge is -2.51. The van der Waals surface area contributed by atoms with Gasteiger partial charge in [0.15, 0.2) is 6.29 Å². The SMILES string of the molecule is CC[C@H]1OC(=O)[C@H](C)[C@@H](C2C[C@@](C)(OC)[C@@H](O)[C@H](C)O2)[C@H](C)[C@@H](O[C@H]2C[C@@H](N(C)CCc3cn([C@H](CF)[C@H](OC)c4ccc(S(=O)C5CCCC5)cc4)nn3)C[C@@H](C)O2)[C@](C)(O)C[C@@H](C)CN(C)[C@H](C)[C@@H](O)[C@]1(C)O. The Balaban J connectivity index is 1.23. The number of aliphatic hydroxyl groups excluding tert-OH is 2. The van der Waals surface area contributed by atoms with E-state index in [9.17, 15) is 33.8 Å². The molecule has 428 valence electrons. The van der Waals surface area contributed by atoms with E-state index in [0.29, 0.717) is 38.0 Å². The molecule has 4 fully saturated rings. The maximum Gasteiger partial charge on any atom is 0.309 e. The molecule has 75 heavy (non-hydrogen) atoms. The summed E-state index contributed by atoms with van der Waals surface area (Å²) >= 11 is 0. The van der Waals surface area contributed by atoms with Crippen LogP contribution >= 0.6 is 0 Å². The van der Waals surface area contributed by atoms with Gasteiger partial charge in [0.05, 0.1) is 58.0 Å². The Kier molecular flexibility index (Phi) is 21.5. The van der Waals surface area contributed by atoms with E-state index in [2.05, 4.69) is 15.2 Å². The van der Waals surface area contributed by atoms with Gasteiger partial charge in [-0.25, -0.2) is 9.07 Å². The zero-order valence-electron chi connectivity index (χ0n) is 47.5. The molecule has 0 radical (unpaired) electrons. The molecule has 0 bridgehead atoms. The number of cyclic esters (lactones) is 1. The molecule has 1 aromatic carbocycles. The van der Waals surface area contributed by atoms with E-state index < -0.39 is 119 Å². The van der Waals surface area contributed by atoms with Crippen molar-refractivity contribution >= 4 is 16.8 Å². The molecule has 4 heterocycles. The summed E-state index contributed by atoms with van der Waals surface area (Å²) in [6.07, 6.45) is 1.18. The van der Waals surface area contributed by atoms with Gasteiger partial charge in [-0.1, -0.05) is 57.9 Å². The van der Waals surface area contributed by atoms with Crippen LogP contribution in [0.2, 0.25) is 0 Å². The number of aliphatic hydroxyl groups is 4. The van der Waals surface area contributed by atoms with Crippen molar-refractivity contribution in [1.29, 1.82) is 0 Å². The first-order valence-corrected chi connectivity index (χ1v) is 28.9. The zero-order chi connectivity index (χ0) is 55.3. The van der Waals surface area contributed by atoms with E-state index in [1.165, 1.54) is 11.6 Å². The molecular weight excluding hydrogens is 986 g/mol. The summed E-state index contributed by atoms with van der Waals surface area (Å²) in [5.74, 6) is -2.87. The number of ether oxygens (including phenoxy) is 6. The van der Waals surface area contributed by atoms with Gasteiger partial charge in [-0.2, -0.15) is 0 Å². The lowest BCUT2D eigenvalue weighted by Crippen LogP contribution is -2.61. The summed E-state index contributed by atoms with van der Waals surface area (Å²) < 4.78 is 68.1. The number of nitrogens with zero attached hydrogens (tertiary/aromatic N) is 5. The Hall–Kier alpha value is -2.53. The van der Waals surface area contributed by atoms with E-state index in [1.54, 1.807) is 48.1 Å².